The first-order valence-electron chi connectivity index (χ1n) is 13.0. The largest absolute Gasteiger partial charge is 0.386 e. The standard InChI is InChI=1S/C28H46O2/c1-18(8-7-13-25(2,3)29)21-9-10-22-20-16-24(30-6)28-17-19(28)11-15-27(28,5)23(20)12-14-26(21,22)4/h7,13,18-24,29H,8-12,14-17H2,1-6H3/b13-7-/t18-,19+,20+,21-,22+,23+,24-,26-,27-,28+/m1/s1. The van der Waals surface area contributed by atoms with E-state index in [1.165, 1.54) is 51.4 Å². The Morgan fingerprint density at radius 1 is 1.10 bits per heavy atom. The number of hydrogen-bond donors (Lipinski definition) is 1. The van der Waals surface area contributed by atoms with E-state index in [1.54, 1.807) is 0 Å². The van der Waals surface area contributed by atoms with Crippen LogP contribution < -0.4 is 0 Å². The predicted molar refractivity (Wildman–Crippen MR) is 123 cm³/mol. The van der Waals surface area contributed by atoms with Crippen LogP contribution in [0.2, 0.25) is 0 Å². The Kier molecular flexibility index (Phi) is 4.90. The summed E-state index contributed by atoms with van der Waals surface area (Å²) >= 11 is 0. The van der Waals surface area contributed by atoms with Gasteiger partial charge in [-0.15, -0.1) is 0 Å². The number of methoxy groups -OCH3 is 1. The number of aliphatic hydroxyl groups is 1. The quantitative estimate of drug-likeness (QED) is 0.512. The third-order valence-corrected chi connectivity index (χ3v) is 11.6. The highest BCUT2D eigenvalue weighted by Gasteiger charge is 2.77. The number of hydrogen-bond acceptors (Lipinski definition) is 2. The van der Waals surface area contributed by atoms with Crippen molar-refractivity contribution in [3.05, 3.63) is 12.2 Å². The number of allylic oxidation sites excluding steroid dienone is 1. The second kappa shape index (κ2) is 6.83. The van der Waals surface area contributed by atoms with Crippen LogP contribution in [-0.2, 0) is 4.74 Å². The average molecular weight is 415 g/mol. The molecule has 0 bridgehead atoms. The molecule has 0 aliphatic heterocycles. The van der Waals surface area contributed by atoms with Gasteiger partial charge in [-0.1, -0.05) is 32.9 Å². The molecule has 0 aromatic carbocycles. The van der Waals surface area contributed by atoms with Crippen molar-refractivity contribution in [3.8, 4) is 0 Å². The smallest absolute Gasteiger partial charge is 0.0771 e. The molecule has 0 aromatic heterocycles. The summed E-state index contributed by atoms with van der Waals surface area (Å²) in [7, 11) is 2.00. The van der Waals surface area contributed by atoms with E-state index >= 15 is 0 Å². The highest BCUT2D eigenvalue weighted by atomic mass is 16.5. The van der Waals surface area contributed by atoms with Crippen LogP contribution in [0, 0.1) is 51.8 Å². The Labute approximate surface area is 185 Å². The molecule has 5 aliphatic rings. The number of ether oxygens (including phenoxy) is 1. The zero-order chi connectivity index (χ0) is 21.5. The minimum atomic E-state index is -0.690. The van der Waals surface area contributed by atoms with Crippen molar-refractivity contribution >= 4 is 0 Å². The molecular formula is C28H46O2. The van der Waals surface area contributed by atoms with Gasteiger partial charge in [0.2, 0.25) is 0 Å². The molecule has 5 saturated carbocycles. The summed E-state index contributed by atoms with van der Waals surface area (Å²) in [6.45, 7) is 11.6. The second-order valence-corrected chi connectivity index (χ2v) is 13.2. The molecular weight excluding hydrogens is 368 g/mol. The van der Waals surface area contributed by atoms with E-state index in [9.17, 15) is 5.11 Å². The molecule has 0 heterocycles. The van der Waals surface area contributed by atoms with Gasteiger partial charge in [0.25, 0.3) is 0 Å². The van der Waals surface area contributed by atoms with Crippen molar-refractivity contribution in [2.75, 3.05) is 7.11 Å². The first kappa shape index (κ1) is 21.5. The van der Waals surface area contributed by atoms with E-state index in [0.29, 0.717) is 28.3 Å². The van der Waals surface area contributed by atoms with Crippen LogP contribution >= 0.6 is 0 Å². The average Bonchev–Trinajstić information content (AvgIpc) is 3.17. The third kappa shape index (κ3) is 2.81. The molecule has 30 heavy (non-hydrogen) atoms. The van der Waals surface area contributed by atoms with Crippen LogP contribution in [0.15, 0.2) is 12.2 Å². The highest BCUT2D eigenvalue weighted by Crippen LogP contribution is 2.82. The zero-order valence-electron chi connectivity index (χ0n) is 20.4. The number of rotatable bonds is 5. The zero-order valence-corrected chi connectivity index (χ0v) is 20.4. The fraction of sp³-hybridized carbons (Fsp3) is 0.929. The molecule has 1 spiro atoms. The molecule has 0 amide bonds. The van der Waals surface area contributed by atoms with Gasteiger partial charge in [0.05, 0.1) is 11.7 Å². The first-order chi connectivity index (χ1) is 14.1. The summed E-state index contributed by atoms with van der Waals surface area (Å²) < 4.78 is 6.27. The molecule has 5 fully saturated rings. The van der Waals surface area contributed by atoms with Crippen LogP contribution in [0.4, 0.5) is 0 Å². The molecule has 0 saturated heterocycles. The lowest BCUT2D eigenvalue weighted by Gasteiger charge is -2.61. The minimum Gasteiger partial charge on any atom is -0.386 e. The van der Waals surface area contributed by atoms with Crippen LogP contribution in [0.3, 0.4) is 0 Å². The SMILES string of the molecule is CO[C@@H]1C[C@H]2[C@@H]3CC[C@H]([C@H](C)C/C=C\C(C)(C)O)[C@@]3(C)CC[C@@H]2[C@@]2(C)CC[C@H]3C[C@]312. The molecule has 2 nitrogen and oxygen atoms in total. The van der Waals surface area contributed by atoms with E-state index < -0.39 is 5.60 Å². The van der Waals surface area contributed by atoms with Gasteiger partial charge in [-0.2, -0.15) is 0 Å². The molecule has 170 valence electrons. The molecule has 0 radical (unpaired) electrons. The van der Waals surface area contributed by atoms with E-state index in [0.717, 1.165) is 36.0 Å². The van der Waals surface area contributed by atoms with Gasteiger partial charge in [0.1, 0.15) is 0 Å². The molecule has 2 heteroatoms. The normalized spacial score (nSPS) is 53.2. The summed E-state index contributed by atoms with van der Waals surface area (Å²) in [6.07, 6.45) is 17.3. The van der Waals surface area contributed by atoms with Gasteiger partial charge in [-0.25, -0.2) is 0 Å². The lowest BCUT2D eigenvalue weighted by molar-refractivity contribution is -0.161. The molecule has 10 atom stereocenters. The van der Waals surface area contributed by atoms with E-state index in [2.05, 4.69) is 26.8 Å². The highest BCUT2D eigenvalue weighted by molar-refractivity contribution is 5.26. The van der Waals surface area contributed by atoms with Crippen LogP contribution in [0.1, 0.15) is 92.4 Å². The predicted octanol–water partition coefficient (Wildman–Crippen LogP) is 6.62. The van der Waals surface area contributed by atoms with Crippen molar-refractivity contribution in [2.45, 2.75) is 104 Å². The first-order valence-corrected chi connectivity index (χ1v) is 13.0. The Bertz CT molecular complexity index is 706. The maximum absolute atomic E-state index is 10.0. The molecule has 0 unspecified atom stereocenters. The Morgan fingerprint density at radius 2 is 1.87 bits per heavy atom. The van der Waals surface area contributed by atoms with Gasteiger partial charge >= 0.3 is 0 Å². The maximum Gasteiger partial charge on any atom is 0.0771 e. The van der Waals surface area contributed by atoms with Crippen LogP contribution in [-0.4, -0.2) is 23.9 Å². The van der Waals surface area contributed by atoms with Crippen LogP contribution in [0.25, 0.3) is 0 Å². The summed E-state index contributed by atoms with van der Waals surface area (Å²) in [5, 5.41) is 10.0. The van der Waals surface area contributed by atoms with Crippen LogP contribution in [0.5, 0.6) is 0 Å². The van der Waals surface area contributed by atoms with Crippen molar-refractivity contribution in [1.82, 2.24) is 0 Å². The molecule has 5 aliphatic carbocycles. The number of fused-ring (bicyclic) bond motifs is 4. The van der Waals surface area contributed by atoms with Crippen molar-refractivity contribution in [3.63, 3.8) is 0 Å². The minimum absolute atomic E-state index is 0.504. The van der Waals surface area contributed by atoms with Crippen molar-refractivity contribution < 1.29 is 9.84 Å². The fourth-order valence-corrected chi connectivity index (χ4v) is 10.3. The topological polar surface area (TPSA) is 29.5 Å². The summed E-state index contributed by atoms with van der Waals surface area (Å²) in [6, 6.07) is 0. The van der Waals surface area contributed by atoms with Gasteiger partial charge in [-0.3, -0.25) is 0 Å². The second-order valence-electron chi connectivity index (χ2n) is 13.2. The van der Waals surface area contributed by atoms with Gasteiger partial charge < -0.3 is 9.84 Å². The maximum atomic E-state index is 10.0. The lowest BCUT2D eigenvalue weighted by atomic mass is 9.45. The third-order valence-electron chi connectivity index (χ3n) is 11.6. The van der Waals surface area contributed by atoms with Gasteiger partial charge in [0, 0.05) is 12.5 Å². The van der Waals surface area contributed by atoms with Crippen molar-refractivity contribution in [2.24, 2.45) is 51.8 Å². The Morgan fingerprint density at radius 3 is 2.53 bits per heavy atom. The summed E-state index contributed by atoms with van der Waals surface area (Å²) in [4.78, 5) is 0. The molecule has 5 rings (SSSR count). The monoisotopic (exact) mass is 414 g/mol. The molecule has 1 N–H and O–H groups in total. The van der Waals surface area contributed by atoms with Crippen molar-refractivity contribution in [1.29, 1.82) is 0 Å². The lowest BCUT2D eigenvalue weighted by Crippen LogP contribution is -2.57. The van der Waals surface area contributed by atoms with Gasteiger partial charge in [0.15, 0.2) is 0 Å². The summed E-state index contributed by atoms with van der Waals surface area (Å²) in [5.41, 5.74) is 0.903. The summed E-state index contributed by atoms with van der Waals surface area (Å²) in [5.74, 6) is 5.23. The fourth-order valence-electron chi connectivity index (χ4n) is 10.3. The molecule has 0 aromatic rings. The van der Waals surface area contributed by atoms with E-state index in [-0.39, 0.29) is 0 Å². The van der Waals surface area contributed by atoms with Gasteiger partial charge in [-0.05, 0) is 118 Å². The van der Waals surface area contributed by atoms with E-state index in [4.69, 9.17) is 4.74 Å². The van der Waals surface area contributed by atoms with E-state index in [1.807, 2.05) is 27.0 Å². The Balaban J connectivity index is 1.36. The Hall–Kier alpha value is -0.340.